The molecule has 0 bridgehead atoms. The molecule has 0 saturated carbocycles. The van der Waals surface area contributed by atoms with Gasteiger partial charge in [-0.3, -0.25) is 0 Å². The van der Waals surface area contributed by atoms with E-state index in [0.29, 0.717) is 6.54 Å². The predicted molar refractivity (Wildman–Crippen MR) is 76.7 cm³/mol. The van der Waals surface area contributed by atoms with Crippen LogP contribution in [0.1, 0.15) is 32.0 Å². The fourth-order valence-electron chi connectivity index (χ4n) is 1.62. The predicted octanol–water partition coefficient (Wildman–Crippen LogP) is 2.63. The molecule has 19 heavy (non-hydrogen) atoms. The Morgan fingerprint density at radius 1 is 1.37 bits per heavy atom. The van der Waals surface area contributed by atoms with Gasteiger partial charge in [-0.15, -0.1) is 11.5 Å². The van der Waals surface area contributed by atoms with Gasteiger partial charge in [0.1, 0.15) is 5.69 Å². The molecule has 0 atom stereocenters. The summed E-state index contributed by atoms with van der Waals surface area (Å²) in [6, 6.07) is 7.76. The monoisotopic (exact) mass is 254 g/mol. The van der Waals surface area contributed by atoms with Crippen LogP contribution in [0.5, 0.6) is 0 Å². The van der Waals surface area contributed by atoms with Crippen LogP contribution in [-0.2, 0) is 12.1 Å². The molecule has 0 aliphatic heterocycles. The highest BCUT2D eigenvalue weighted by Crippen LogP contribution is 2.13. The fourth-order valence-corrected chi connectivity index (χ4v) is 1.62. The standard InChI is InChI=1S/C15H18N4/c1-5-12-7-6-8-13(9-12)16-10-14-11-19(18-17-14)15(2,3)4/h1,6-9,11,16H,10H2,2-4H3. The fraction of sp³-hybridized carbons (Fsp3) is 0.333. The zero-order valence-corrected chi connectivity index (χ0v) is 11.5. The van der Waals surface area contributed by atoms with E-state index in [1.165, 1.54) is 0 Å². The Kier molecular flexibility index (Phi) is 3.57. The number of hydrogen-bond acceptors (Lipinski definition) is 3. The Morgan fingerprint density at radius 2 is 2.16 bits per heavy atom. The second kappa shape index (κ2) is 5.15. The lowest BCUT2D eigenvalue weighted by atomic mass is 10.1. The van der Waals surface area contributed by atoms with Crippen LogP contribution in [0.25, 0.3) is 0 Å². The third-order valence-electron chi connectivity index (χ3n) is 2.73. The summed E-state index contributed by atoms with van der Waals surface area (Å²) in [6.07, 6.45) is 7.33. The van der Waals surface area contributed by atoms with Gasteiger partial charge in [0, 0.05) is 11.3 Å². The van der Waals surface area contributed by atoms with Crippen LogP contribution >= 0.6 is 0 Å². The molecule has 98 valence electrons. The minimum Gasteiger partial charge on any atom is -0.379 e. The third-order valence-corrected chi connectivity index (χ3v) is 2.73. The van der Waals surface area contributed by atoms with Crippen LogP contribution in [-0.4, -0.2) is 15.0 Å². The van der Waals surface area contributed by atoms with Crippen molar-refractivity contribution < 1.29 is 0 Å². The zero-order chi connectivity index (χ0) is 13.9. The summed E-state index contributed by atoms with van der Waals surface area (Å²) in [7, 11) is 0. The molecule has 0 amide bonds. The number of hydrogen-bond donors (Lipinski definition) is 1. The molecule has 1 aromatic heterocycles. The van der Waals surface area contributed by atoms with E-state index < -0.39 is 0 Å². The van der Waals surface area contributed by atoms with Crippen LogP contribution in [0, 0.1) is 12.3 Å². The molecule has 0 unspecified atom stereocenters. The second-order valence-corrected chi connectivity index (χ2v) is 5.40. The van der Waals surface area contributed by atoms with E-state index >= 15 is 0 Å². The van der Waals surface area contributed by atoms with Gasteiger partial charge in [0.15, 0.2) is 0 Å². The van der Waals surface area contributed by atoms with Crippen LogP contribution in [0.4, 0.5) is 5.69 Å². The van der Waals surface area contributed by atoms with Crippen molar-refractivity contribution in [3.05, 3.63) is 41.7 Å². The Hall–Kier alpha value is -2.28. The SMILES string of the molecule is C#Cc1cccc(NCc2cn(C(C)(C)C)nn2)c1. The van der Waals surface area contributed by atoms with Crippen molar-refractivity contribution in [2.75, 3.05) is 5.32 Å². The molecular formula is C15H18N4. The minimum atomic E-state index is -0.0470. The summed E-state index contributed by atoms with van der Waals surface area (Å²) in [5.74, 6) is 2.62. The first kappa shape index (κ1) is 13.2. The normalized spacial score (nSPS) is 11.1. The van der Waals surface area contributed by atoms with Crippen molar-refractivity contribution in [3.8, 4) is 12.3 Å². The van der Waals surface area contributed by atoms with Gasteiger partial charge in [-0.2, -0.15) is 0 Å². The molecule has 4 nitrogen and oxygen atoms in total. The molecule has 0 aliphatic rings. The Labute approximate surface area is 113 Å². The lowest BCUT2D eigenvalue weighted by molar-refractivity contribution is 0.347. The molecule has 1 N–H and O–H groups in total. The van der Waals surface area contributed by atoms with Crippen molar-refractivity contribution in [1.82, 2.24) is 15.0 Å². The summed E-state index contributed by atoms with van der Waals surface area (Å²) in [6.45, 7) is 6.91. The van der Waals surface area contributed by atoms with E-state index in [4.69, 9.17) is 6.42 Å². The molecule has 0 spiro atoms. The van der Waals surface area contributed by atoms with Gasteiger partial charge in [0.2, 0.25) is 0 Å². The van der Waals surface area contributed by atoms with E-state index in [1.807, 2.05) is 35.1 Å². The molecule has 4 heteroatoms. The number of rotatable bonds is 3. The molecule has 1 aromatic carbocycles. The number of nitrogens with zero attached hydrogens (tertiary/aromatic N) is 3. The maximum absolute atomic E-state index is 5.37. The first-order valence-corrected chi connectivity index (χ1v) is 6.21. The molecular weight excluding hydrogens is 236 g/mol. The van der Waals surface area contributed by atoms with E-state index in [-0.39, 0.29) is 5.54 Å². The molecule has 0 fully saturated rings. The van der Waals surface area contributed by atoms with Crippen LogP contribution < -0.4 is 5.32 Å². The average molecular weight is 254 g/mol. The summed E-state index contributed by atoms with van der Waals surface area (Å²) in [5.41, 5.74) is 2.71. The van der Waals surface area contributed by atoms with Gasteiger partial charge >= 0.3 is 0 Å². The van der Waals surface area contributed by atoms with Gasteiger partial charge < -0.3 is 5.32 Å². The smallest absolute Gasteiger partial charge is 0.102 e. The first-order valence-electron chi connectivity index (χ1n) is 6.21. The topological polar surface area (TPSA) is 42.7 Å². The van der Waals surface area contributed by atoms with Gasteiger partial charge in [-0.25, -0.2) is 4.68 Å². The molecule has 0 radical (unpaired) electrons. The van der Waals surface area contributed by atoms with Gasteiger partial charge in [-0.1, -0.05) is 17.2 Å². The van der Waals surface area contributed by atoms with Crippen molar-refractivity contribution in [2.24, 2.45) is 0 Å². The molecule has 2 rings (SSSR count). The first-order chi connectivity index (χ1) is 8.99. The zero-order valence-electron chi connectivity index (χ0n) is 11.5. The number of aromatic nitrogens is 3. The number of anilines is 1. The maximum atomic E-state index is 5.37. The van der Waals surface area contributed by atoms with E-state index in [9.17, 15) is 0 Å². The van der Waals surface area contributed by atoms with Crippen molar-refractivity contribution >= 4 is 5.69 Å². The molecule has 0 aliphatic carbocycles. The Balaban J connectivity index is 2.03. The van der Waals surface area contributed by atoms with Gasteiger partial charge in [0.25, 0.3) is 0 Å². The molecule has 2 aromatic rings. The second-order valence-electron chi connectivity index (χ2n) is 5.40. The maximum Gasteiger partial charge on any atom is 0.102 e. The van der Waals surface area contributed by atoms with Crippen molar-refractivity contribution in [1.29, 1.82) is 0 Å². The number of nitrogens with one attached hydrogen (secondary N) is 1. The molecule has 1 heterocycles. The van der Waals surface area contributed by atoms with Crippen LogP contribution in [0.15, 0.2) is 30.5 Å². The van der Waals surface area contributed by atoms with Crippen LogP contribution in [0.2, 0.25) is 0 Å². The van der Waals surface area contributed by atoms with E-state index in [0.717, 1.165) is 16.9 Å². The average Bonchev–Trinajstić information content (AvgIpc) is 2.85. The lowest BCUT2D eigenvalue weighted by Crippen LogP contribution is -2.22. The van der Waals surface area contributed by atoms with Crippen LogP contribution in [0.3, 0.4) is 0 Å². The number of benzene rings is 1. The molecule has 0 saturated heterocycles. The van der Waals surface area contributed by atoms with Gasteiger partial charge in [-0.05, 0) is 39.0 Å². The third kappa shape index (κ3) is 3.35. The summed E-state index contributed by atoms with van der Waals surface area (Å²) >= 11 is 0. The van der Waals surface area contributed by atoms with E-state index in [1.54, 1.807) is 0 Å². The minimum absolute atomic E-state index is 0.0470. The van der Waals surface area contributed by atoms with E-state index in [2.05, 4.69) is 42.3 Å². The van der Waals surface area contributed by atoms with Crippen molar-refractivity contribution in [2.45, 2.75) is 32.9 Å². The lowest BCUT2D eigenvalue weighted by Gasteiger charge is -2.17. The number of terminal acetylenes is 1. The summed E-state index contributed by atoms with van der Waals surface area (Å²) in [5, 5.41) is 11.6. The Morgan fingerprint density at radius 3 is 2.79 bits per heavy atom. The highest BCUT2D eigenvalue weighted by atomic mass is 15.4. The largest absolute Gasteiger partial charge is 0.379 e. The highest BCUT2D eigenvalue weighted by Gasteiger charge is 2.14. The highest BCUT2D eigenvalue weighted by molar-refractivity contribution is 5.49. The quantitative estimate of drug-likeness (QED) is 0.856. The van der Waals surface area contributed by atoms with Gasteiger partial charge in [0.05, 0.1) is 18.3 Å². The Bertz CT molecular complexity index is 599. The summed E-state index contributed by atoms with van der Waals surface area (Å²) < 4.78 is 1.86. The summed E-state index contributed by atoms with van der Waals surface area (Å²) in [4.78, 5) is 0. The van der Waals surface area contributed by atoms with Crippen molar-refractivity contribution in [3.63, 3.8) is 0 Å².